The van der Waals surface area contributed by atoms with Crippen molar-refractivity contribution in [3.05, 3.63) is 59.2 Å². The number of carbonyl (C=O) groups excluding carboxylic acids is 2. The minimum Gasteiger partial charge on any atom is -0.493 e. The van der Waals surface area contributed by atoms with E-state index in [1.165, 1.54) is 12.0 Å². The lowest BCUT2D eigenvalue weighted by Gasteiger charge is -2.23. The van der Waals surface area contributed by atoms with Crippen molar-refractivity contribution in [2.45, 2.75) is 25.9 Å². The Morgan fingerprint density at radius 3 is 2.27 bits per heavy atom. The molecular formula is C20H22N2O4. The Hall–Kier alpha value is -3.02. The number of amides is 3. The molecule has 1 aliphatic heterocycles. The summed E-state index contributed by atoms with van der Waals surface area (Å²) in [6.45, 7) is 3.92. The largest absolute Gasteiger partial charge is 0.493 e. The van der Waals surface area contributed by atoms with Crippen LogP contribution in [0.3, 0.4) is 0 Å². The van der Waals surface area contributed by atoms with Crippen LogP contribution in [0, 0.1) is 6.92 Å². The molecule has 1 saturated heterocycles. The number of benzene rings is 2. The number of urea groups is 1. The second-order valence-electron chi connectivity index (χ2n) is 6.50. The maximum Gasteiger partial charge on any atom is 0.325 e. The smallest absolute Gasteiger partial charge is 0.325 e. The third kappa shape index (κ3) is 2.98. The molecule has 1 atom stereocenters. The van der Waals surface area contributed by atoms with E-state index < -0.39 is 11.6 Å². The number of rotatable bonds is 5. The zero-order valence-corrected chi connectivity index (χ0v) is 15.3. The molecule has 0 radical (unpaired) electrons. The molecule has 1 heterocycles. The van der Waals surface area contributed by atoms with Crippen molar-refractivity contribution in [2.24, 2.45) is 0 Å². The van der Waals surface area contributed by atoms with Crippen molar-refractivity contribution >= 4 is 11.9 Å². The fourth-order valence-corrected chi connectivity index (χ4v) is 3.06. The SMILES string of the molecule is COc1ccc([C@@]2(C)NC(=O)N(Cc3ccc(C)cc3)C2=O)cc1OC. The van der Waals surface area contributed by atoms with E-state index in [2.05, 4.69) is 5.32 Å². The summed E-state index contributed by atoms with van der Waals surface area (Å²) in [5.41, 5.74) is 1.51. The molecule has 136 valence electrons. The minimum atomic E-state index is -1.15. The third-order valence-electron chi connectivity index (χ3n) is 4.70. The van der Waals surface area contributed by atoms with Crippen LogP contribution in [0.25, 0.3) is 0 Å². The van der Waals surface area contributed by atoms with Crippen molar-refractivity contribution in [1.82, 2.24) is 10.2 Å². The number of carbonyl (C=O) groups is 2. The number of imide groups is 1. The van der Waals surface area contributed by atoms with Gasteiger partial charge in [0.25, 0.3) is 5.91 Å². The molecular weight excluding hydrogens is 332 g/mol. The predicted molar refractivity (Wildman–Crippen MR) is 97.2 cm³/mol. The number of methoxy groups -OCH3 is 2. The Morgan fingerprint density at radius 2 is 1.65 bits per heavy atom. The monoisotopic (exact) mass is 354 g/mol. The molecule has 6 heteroatoms. The second kappa shape index (κ2) is 6.71. The zero-order valence-electron chi connectivity index (χ0n) is 15.3. The van der Waals surface area contributed by atoms with E-state index in [1.54, 1.807) is 32.2 Å². The van der Waals surface area contributed by atoms with E-state index in [1.807, 2.05) is 31.2 Å². The highest BCUT2D eigenvalue weighted by Gasteiger charge is 2.49. The summed E-state index contributed by atoms with van der Waals surface area (Å²) < 4.78 is 10.6. The Kier molecular flexibility index (Phi) is 4.59. The van der Waals surface area contributed by atoms with Gasteiger partial charge in [0.15, 0.2) is 11.5 Å². The molecule has 0 aromatic heterocycles. The average molecular weight is 354 g/mol. The fourth-order valence-electron chi connectivity index (χ4n) is 3.06. The molecule has 2 aromatic rings. The quantitative estimate of drug-likeness (QED) is 0.838. The van der Waals surface area contributed by atoms with E-state index in [0.29, 0.717) is 17.1 Å². The van der Waals surface area contributed by atoms with Gasteiger partial charge in [0.05, 0.1) is 20.8 Å². The Balaban J connectivity index is 1.90. The summed E-state index contributed by atoms with van der Waals surface area (Å²) in [6, 6.07) is 12.5. The lowest BCUT2D eigenvalue weighted by molar-refractivity contribution is -0.131. The van der Waals surface area contributed by atoms with Crippen molar-refractivity contribution in [3.63, 3.8) is 0 Å². The molecule has 2 aromatic carbocycles. The van der Waals surface area contributed by atoms with Crippen LogP contribution in [0.5, 0.6) is 11.5 Å². The van der Waals surface area contributed by atoms with Crippen molar-refractivity contribution in [3.8, 4) is 11.5 Å². The average Bonchev–Trinajstić information content (AvgIpc) is 2.87. The molecule has 1 N–H and O–H groups in total. The number of hydrogen-bond acceptors (Lipinski definition) is 4. The van der Waals surface area contributed by atoms with Crippen LogP contribution >= 0.6 is 0 Å². The van der Waals surface area contributed by atoms with E-state index in [4.69, 9.17) is 9.47 Å². The fraction of sp³-hybridized carbons (Fsp3) is 0.300. The number of ether oxygens (including phenoxy) is 2. The molecule has 1 aliphatic rings. The maximum atomic E-state index is 13.0. The van der Waals surface area contributed by atoms with Crippen molar-refractivity contribution in [1.29, 1.82) is 0 Å². The molecule has 0 unspecified atom stereocenters. The maximum absolute atomic E-state index is 13.0. The summed E-state index contributed by atoms with van der Waals surface area (Å²) in [5, 5.41) is 2.81. The van der Waals surface area contributed by atoms with E-state index in [0.717, 1.165) is 11.1 Å². The van der Waals surface area contributed by atoms with Crippen LogP contribution in [0.4, 0.5) is 4.79 Å². The summed E-state index contributed by atoms with van der Waals surface area (Å²) in [4.78, 5) is 26.7. The van der Waals surface area contributed by atoms with Gasteiger partial charge in [-0.2, -0.15) is 0 Å². The predicted octanol–water partition coefficient (Wildman–Crippen LogP) is 2.98. The molecule has 3 amide bonds. The van der Waals surface area contributed by atoms with Gasteiger partial charge in [0, 0.05) is 0 Å². The zero-order chi connectivity index (χ0) is 18.9. The summed E-state index contributed by atoms with van der Waals surface area (Å²) in [5.74, 6) is 0.772. The Bertz CT molecular complexity index is 847. The number of nitrogens with zero attached hydrogens (tertiary/aromatic N) is 1. The van der Waals surface area contributed by atoms with Gasteiger partial charge in [-0.3, -0.25) is 9.69 Å². The number of aryl methyl sites for hydroxylation is 1. The van der Waals surface area contributed by atoms with Gasteiger partial charge in [-0.25, -0.2) is 4.79 Å². The highest BCUT2D eigenvalue weighted by molar-refractivity contribution is 6.07. The number of nitrogens with one attached hydrogen (secondary N) is 1. The first-order chi connectivity index (χ1) is 12.4. The molecule has 0 saturated carbocycles. The van der Waals surface area contributed by atoms with E-state index in [-0.39, 0.29) is 12.5 Å². The normalized spacial score (nSPS) is 19.5. The highest BCUT2D eigenvalue weighted by atomic mass is 16.5. The van der Waals surface area contributed by atoms with Crippen LogP contribution in [-0.2, 0) is 16.9 Å². The van der Waals surface area contributed by atoms with Gasteiger partial charge in [0.1, 0.15) is 5.54 Å². The van der Waals surface area contributed by atoms with E-state index in [9.17, 15) is 9.59 Å². The van der Waals surface area contributed by atoms with Crippen LogP contribution < -0.4 is 14.8 Å². The van der Waals surface area contributed by atoms with Gasteiger partial charge in [-0.05, 0) is 37.1 Å². The van der Waals surface area contributed by atoms with Crippen molar-refractivity contribution < 1.29 is 19.1 Å². The summed E-state index contributed by atoms with van der Waals surface area (Å²) >= 11 is 0. The van der Waals surface area contributed by atoms with Crippen molar-refractivity contribution in [2.75, 3.05) is 14.2 Å². The molecule has 26 heavy (non-hydrogen) atoms. The molecule has 6 nitrogen and oxygen atoms in total. The van der Waals surface area contributed by atoms with Gasteiger partial charge in [-0.1, -0.05) is 35.9 Å². The third-order valence-corrected chi connectivity index (χ3v) is 4.70. The first-order valence-electron chi connectivity index (χ1n) is 8.31. The first-order valence-corrected chi connectivity index (χ1v) is 8.31. The van der Waals surface area contributed by atoms with E-state index >= 15 is 0 Å². The van der Waals surface area contributed by atoms with Crippen LogP contribution in [0.1, 0.15) is 23.6 Å². The van der Waals surface area contributed by atoms with Gasteiger partial charge in [-0.15, -0.1) is 0 Å². The van der Waals surface area contributed by atoms with Gasteiger partial charge >= 0.3 is 6.03 Å². The topological polar surface area (TPSA) is 67.9 Å². The molecule has 1 fully saturated rings. The summed E-state index contributed by atoms with van der Waals surface area (Å²) in [7, 11) is 3.08. The highest BCUT2D eigenvalue weighted by Crippen LogP contribution is 2.35. The van der Waals surface area contributed by atoms with Gasteiger partial charge < -0.3 is 14.8 Å². The lowest BCUT2D eigenvalue weighted by atomic mass is 9.91. The van der Waals surface area contributed by atoms with Crippen LogP contribution in [0.15, 0.2) is 42.5 Å². The van der Waals surface area contributed by atoms with Crippen LogP contribution in [0.2, 0.25) is 0 Å². The molecule has 0 aliphatic carbocycles. The van der Waals surface area contributed by atoms with Crippen LogP contribution in [-0.4, -0.2) is 31.1 Å². The lowest BCUT2D eigenvalue weighted by Crippen LogP contribution is -2.40. The number of hydrogen-bond donors (Lipinski definition) is 1. The minimum absolute atomic E-state index is 0.230. The Labute approximate surface area is 152 Å². The molecule has 0 spiro atoms. The standard InChI is InChI=1S/C20H22N2O4/c1-13-5-7-14(8-6-13)12-22-18(23)20(2,21-19(22)24)15-9-10-16(25-3)17(11-15)26-4/h5-11H,12H2,1-4H3,(H,21,24)/t20-/m1/s1. The summed E-state index contributed by atoms with van der Waals surface area (Å²) in [6.07, 6.45) is 0. The first kappa shape index (κ1) is 17.8. The Morgan fingerprint density at radius 1 is 1.00 bits per heavy atom. The molecule has 3 rings (SSSR count). The molecule has 0 bridgehead atoms. The second-order valence-corrected chi connectivity index (χ2v) is 6.50. The van der Waals surface area contributed by atoms with Gasteiger partial charge in [0.2, 0.25) is 0 Å².